The second-order valence-electron chi connectivity index (χ2n) is 25.6. The molecule has 1 amide bonds. The maximum atomic E-state index is 12.5. The van der Waals surface area contributed by atoms with Crippen molar-refractivity contribution < 1.29 is 24.5 Å². The lowest BCUT2D eigenvalue weighted by molar-refractivity contribution is -0.143. The number of hydrogen-bond donors (Lipinski definition) is 3. The lowest BCUT2D eigenvalue weighted by Crippen LogP contribution is -2.45. The smallest absolute Gasteiger partial charge is 0.305 e. The van der Waals surface area contributed by atoms with E-state index in [-0.39, 0.29) is 18.5 Å². The standard InChI is InChI=1S/C78H145NO5/c1-3-5-7-9-11-13-15-17-19-20-21-33-36-39-43-46-50-54-58-62-66-70-76(81)75(74-80)79-77(82)71-67-63-59-55-51-47-44-40-37-34-31-29-27-25-23-22-24-26-28-30-32-35-38-41-45-49-53-57-61-65-69-73-84-78(83)72-68-64-60-56-52-48-42-18-16-14-12-10-8-6-4-2/h12,14,18,24,26,30,32,42,66,70,75-76,80-81H,3-11,13,15-17,19-23,25,27-29,31,33-41,43-65,67-69,71-74H2,1-2H3,(H,79,82)/b14-12-,26-24-,32-30-,42-18-,70-66+. The van der Waals surface area contributed by atoms with Crippen molar-refractivity contribution in [3.05, 3.63) is 60.8 Å². The molecule has 0 aromatic heterocycles. The van der Waals surface area contributed by atoms with E-state index < -0.39 is 12.1 Å². The van der Waals surface area contributed by atoms with Crippen LogP contribution < -0.4 is 5.32 Å². The minimum absolute atomic E-state index is 0.00113. The summed E-state index contributed by atoms with van der Waals surface area (Å²) in [5, 5.41) is 23.3. The van der Waals surface area contributed by atoms with Gasteiger partial charge in [-0.1, -0.05) is 351 Å². The highest BCUT2D eigenvalue weighted by Gasteiger charge is 2.18. The van der Waals surface area contributed by atoms with Crippen LogP contribution in [0.4, 0.5) is 0 Å². The summed E-state index contributed by atoms with van der Waals surface area (Å²) in [7, 11) is 0. The fraction of sp³-hybridized carbons (Fsp3) is 0.846. The predicted molar refractivity (Wildman–Crippen MR) is 370 cm³/mol. The Balaban J connectivity index is 3.43. The first-order chi connectivity index (χ1) is 41.5. The van der Waals surface area contributed by atoms with Crippen LogP contribution in [-0.2, 0) is 14.3 Å². The zero-order valence-electron chi connectivity index (χ0n) is 56.4. The molecule has 6 nitrogen and oxygen atoms in total. The van der Waals surface area contributed by atoms with Gasteiger partial charge in [-0.2, -0.15) is 0 Å². The molecule has 3 N–H and O–H groups in total. The van der Waals surface area contributed by atoms with E-state index in [1.165, 1.54) is 315 Å². The fourth-order valence-corrected chi connectivity index (χ4v) is 11.5. The highest BCUT2D eigenvalue weighted by atomic mass is 16.5. The average molecular weight is 1180 g/mol. The van der Waals surface area contributed by atoms with E-state index in [4.69, 9.17) is 4.74 Å². The fourth-order valence-electron chi connectivity index (χ4n) is 11.5. The van der Waals surface area contributed by atoms with Crippen molar-refractivity contribution in [3.8, 4) is 0 Å². The quantitative estimate of drug-likeness (QED) is 0.0320. The molecule has 0 aromatic carbocycles. The van der Waals surface area contributed by atoms with Crippen LogP contribution in [0.5, 0.6) is 0 Å². The van der Waals surface area contributed by atoms with Crippen LogP contribution in [0.2, 0.25) is 0 Å². The first-order valence-electron chi connectivity index (χ1n) is 37.6. The number of esters is 1. The normalized spacial score (nSPS) is 12.9. The molecule has 0 aliphatic carbocycles. The number of aliphatic hydroxyl groups is 2. The zero-order valence-corrected chi connectivity index (χ0v) is 56.4. The van der Waals surface area contributed by atoms with Crippen LogP contribution in [-0.4, -0.2) is 47.4 Å². The summed E-state index contributed by atoms with van der Waals surface area (Å²) >= 11 is 0. The van der Waals surface area contributed by atoms with Gasteiger partial charge in [-0.25, -0.2) is 0 Å². The van der Waals surface area contributed by atoms with E-state index in [2.05, 4.69) is 67.8 Å². The Labute approximate surface area is 524 Å². The molecule has 0 spiro atoms. The maximum absolute atomic E-state index is 12.5. The van der Waals surface area contributed by atoms with Gasteiger partial charge in [-0.3, -0.25) is 9.59 Å². The molecule has 6 heteroatoms. The van der Waals surface area contributed by atoms with Crippen molar-refractivity contribution in [2.45, 2.75) is 411 Å². The largest absolute Gasteiger partial charge is 0.466 e. The van der Waals surface area contributed by atoms with Gasteiger partial charge in [0.15, 0.2) is 0 Å². The Hall–Kier alpha value is -2.44. The van der Waals surface area contributed by atoms with Gasteiger partial charge in [-0.05, 0) is 96.3 Å². The number of nitrogens with one attached hydrogen (secondary N) is 1. The zero-order chi connectivity index (χ0) is 60.6. The summed E-state index contributed by atoms with van der Waals surface area (Å²) < 4.78 is 5.48. The predicted octanol–water partition coefficient (Wildman–Crippen LogP) is 24.6. The summed E-state index contributed by atoms with van der Waals surface area (Å²) in [5.41, 5.74) is 0. The molecule has 492 valence electrons. The Morgan fingerprint density at radius 2 is 0.595 bits per heavy atom. The van der Waals surface area contributed by atoms with E-state index in [1.54, 1.807) is 6.08 Å². The van der Waals surface area contributed by atoms with Crippen LogP contribution >= 0.6 is 0 Å². The molecule has 0 heterocycles. The van der Waals surface area contributed by atoms with Crippen LogP contribution in [0.1, 0.15) is 399 Å². The summed E-state index contributed by atoms with van der Waals surface area (Å²) in [4.78, 5) is 24.6. The summed E-state index contributed by atoms with van der Waals surface area (Å²) in [6.07, 6.45) is 97.4. The number of aliphatic hydroxyl groups excluding tert-OH is 2. The second kappa shape index (κ2) is 73.0. The first-order valence-corrected chi connectivity index (χ1v) is 37.6. The number of ether oxygens (including phenoxy) is 1. The molecule has 2 unspecified atom stereocenters. The van der Waals surface area contributed by atoms with Crippen LogP contribution in [0.25, 0.3) is 0 Å². The molecular weight excluding hydrogens is 1030 g/mol. The van der Waals surface area contributed by atoms with Gasteiger partial charge in [-0.15, -0.1) is 0 Å². The molecule has 2 atom stereocenters. The SMILES string of the molecule is CCCCC/C=C\C/C=C\CCCCCCCC(=O)OCCCCCCCCCCC/C=C\C/C=C\CCCCCCCCCCCCCCCCCC(=O)NC(CO)C(O)/C=C/CCCCCCCCCCCCCCCCCCCCC. The molecule has 0 aliphatic heterocycles. The number of allylic oxidation sites excluding steroid dienone is 9. The average Bonchev–Trinajstić information content (AvgIpc) is 3.51. The molecule has 0 bridgehead atoms. The van der Waals surface area contributed by atoms with Crippen molar-refractivity contribution in [3.63, 3.8) is 0 Å². The number of rotatable bonds is 70. The van der Waals surface area contributed by atoms with Gasteiger partial charge < -0.3 is 20.3 Å². The van der Waals surface area contributed by atoms with Crippen LogP contribution in [0.15, 0.2) is 60.8 Å². The number of hydrogen-bond acceptors (Lipinski definition) is 5. The number of carbonyl (C=O) groups is 2. The monoisotopic (exact) mass is 1180 g/mol. The number of amides is 1. The van der Waals surface area contributed by atoms with E-state index >= 15 is 0 Å². The Bertz CT molecular complexity index is 1450. The van der Waals surface area contributed by atoms with Crippen molar-refractivity contribution in [2.75, 3.05) is 13.2 Å². The van der Waals surface area contributed by atoms with Crippen molar-refractivity contribution >= 4 is 11.9 Å². The van der Waals surface area contributed by atoms with Gasteiger partial charge in [0, 0.05) is 12.8 Å². The van der Waals surface area contributed by atoms with Gasteiger partial charge in [0.05, 0.1) is 25.4 Å². The molecule has 0 aromatic rings. The van der Waals surface area contributed by atoms with Crippen LogP contribution in [0.3, 0.4) is 0 Å². The minimum Gasteiger partial charge on any atom is -0.466 e. The van der Waals surface area contributed by atoms with Crippen molar-refractivity contribution in [1.82, 2.24) is 5.32 Å². The van der Waals surface area contributed by atoms with Gasteiger partial charge in [0.1, 0.15) is 0 Å². The first kappa shape index (κ1) is 81.6. The molecule has 0 saturated carbocycles. The van der Waals surface area contributed by atoms with Crippen LogP contribution in [0, 0.1) is 0 Å². The molecule has 0 fully saturated rings. The van der Waals surface area contributed by atoms with Crippen molar-refractivity contribution in [1.29, 1.82) is 0 Å². The maximum Gasteiger partial charge on any atom is 0.305 e. The highest BCUT2D eigenvalue weighted by Crippen LogP contribution is 2.18. The summed E-state index contributed by atoms with van der Waals surface area (Å²) in [5.74, 6) is -0.0653. The molecular formula is C78H145NO5. The Morgan fingerprint density at radius 1 is 0.333 bits per heavy atom. The molecule has 0 saturated heterocycles. The van der Waals surface area contributed by atoms with E-state index in [0.717, 1.165) is 57.8 Å². The van der Waals surface area contributed by atoms with E-state index in [9.17, 15) is 19.8 Å². The lowest BCUT2D eigenvalue weighted by Gasteiger charge is -2.20. The third-order valence-electron chi connectivity index (χ3n) is 17.3. The molecule has 0 aliphatic rings. The molecule has 84 heavy (non-hydrogen) atoms. The third-order valence-corrected chi connectivity index (χ3v) is 17.3. The number of carbonyl (C=O) groups excluding carboxylic acids is 2. The van der Waals surface area contributed by atoms with Crippen molar-refractivity contribution in [2.24, 2.45) is 0 Å². The van der Waals surface area contributed by atoms with E-state index in [1.807, 2.05) is 6.08 Å². The summed E-state index contributed by atoms with van der Waals surface area (Å²) in [6, 6.07) is -0.630. The topological polar surface area (TPSA) is 95.9 Å². The Morgan fingerprint density at radius 3 is 0.929 bits per heavy atom. The highest BCUT2D eigenvalue weighted by molar-refractivity contribution is 5.76. The second-order valence-corrected chi connectivity index (χ2v) is 25.6. The van der Waals surface area contributed by atoms with Gasteiger partial charge in [0.25, 0.3) is 0 Å². The van der Waals surface area contributed by atoms with Gasteiger partial charge >= 0.3 is 5.97 Å². The Kier molecular flexibility index (Phi) is 70.9. The summed E-state index contributed by atoms with van der Waals surface area (Å²) in [6.45, 7) is 4.90. The lowest BCUT2D eigenvalue weighted by atomic mass is 10.0. The minimum atomic E-state index is -0.846. The third kappa shape index (κ3) is 68.7. The van der Waals surface area contributed by atoms with Gasteiger partial charge in [0.2, 0.25) is 5.91 Å². The molecule has 0 radical (unpaired) electrons. The van der Waals surface area contributed by atoms with E-state index in [0.29, 0.717) is 19.4 Å². The molecule has 0 rings (SSSR count). The number of unbranched alkanes of at least 4 members (excludes halogenated alkanes) is 51.